The Morgan fingerprint density at radius 1 is 1.17 bits per heavy atom. The zero-order valence-electron chi connectivity index (χ0n) is 14.1. The molecule has 23 heavy (non-hydrogen) atoms. The number of aryl methyl sites for hydroxylation is 3. The average molecular weight is 319 g/mol. The topological polar surface area (TPSA) is 75.6 Å². The van der Waals surface area contributed by atoms with E-state index in [-0.39, 0.29) is 18.7 Å². The smallest absolute Gasteiger partial charge is 0.305 e. The number of amides is 1. The number of carbonyl (C=O) groups is 2. The molecule has 0 bridgehead atoms. The summed E-state index contributed by atoms with van der Waals surface area (Å²) in [7, 11) is 0. The third-order valence-electron chi connectivity index (χ3n) is 4.52. The fourth-order valence-corrected chi connectivity index (χ4v) is 3.39. The highest BCUT2D eigenvalue weighted by Crippen LogP contribution is 2.25. The van der Waals surface area contributed by atoms with E-state index in [0.717, 1.165) is 16.7 Å². The number of carboxylic acid groups (broad SMARTS) is 1. The van der Waals surface area contributed by atoms with Crippen LogP contribution in [0.15, 0.2) is 12.1 Å². The summed E-state index contributed by atoms with van der Waals surface area (Å²) in [5, 5.41) is 12.1. The number of aliphatic carboxylic acids is 1. The molecule has 0 aromatic heterocycles. The Labute approximate surface area is 137 Å². The molecule has 1 amide bonds. The monoisotopic (exact) mass is 319 g/mol. The number of hydrogen-bond acceptors (Lipinski definition) is 3. The first-order chi connectivity index (χ1) is 10.8. The third kappa shape index (κ3) is 4.55. The maximum Gasteiger partial charge on any atom is 0.305 e. The normalized spacial score (nSPS) is 16.8. The molecule has 0 aliphatic carbocycles. The molecule has 0 radical (unpaired) electrons. The molecule has 2 rings (SSSR count). The SMILES string of the molecule is Cc1cc(C)c(CC(=O)NC2(CC(=O)O)CCOCC2)c(C)c1. The Morgan fingerprint density at radius 3 is 2.26 bits per heavy atom. The minimum Gasteiger partial charge on any atom is -0.481 e. The van der Waals surface area contributed by atoms with Gasteiger partial charge in [0.05, 0.1) is 18.4 Å². The maximum absolute atomic E-state index is 12.5. The Morgan fingerprint density at radius 2 is 1.74 bits per heavy atom. The molecule has 1 fully saturated rings. The van der Waals surface area contributed by atoms with Gasteiger partial charge in [-0.05, 0) is 50.3 Å². The summed E-state index contributed by atoms with van der Waals surface area (Å²) in [5.74, 6) is -1.02. The van der Waals surface area contributed by atoms with E-state index < -0.39 is 11.5 Å². The molecule has 126 valence electrons. The van der Waals surface area contributed by atoms with Crippen LogP contribution in [0.1, 0.15) is 41.5 Å². The molecule has 0 atom stereocenters. The molecule has 1 aromatic carbocycles. The van der Waals surface area contributed by atoms with Gasteiger partial charge in [-0.25, -0.2) is 0 Å². The van der Waals surface area contributed by atoms with Crippen LogP contribution in [-0.2, 0) is 20.7 Å². The Hall–Kier alpha value is -1.88. The fraction of sp³-hybridized carbons (Fsp3) is 0.556. The number of ether oxygens (including phenoxy) is 1. The predicted molar refractivity (Wildman–Crippen MR) is 87.5 cm³/mol. The summed E-state index contributed by atoms with van der Waals surface area (Å²) in [6.45, 7) is 7.01. The first-order valence-corrected chi connectivity index (χ1v) is 7.99. The number of rotatable bonds is 5. The van der Waals surface area contributed by atoms with E-state index in [1.165, 1.54) is 5.56 Å². The van der Waals surface area contributed by atoms with Crippen LogP contribution < -0.4 is 5.32 Å². The molecule has 0 saturated carbocycles. The lowest BCUT2D eigenvalue weighted by Gasteiger charge is -2.37. The van der Waals surface area contributed by atoms with Crippen molar-refractivity contribution in [1.29, 1.82) is 0 Å². The Bertz CT molecular complexity index is 580. The lowest BCUT2D eigenvalue weighted by atomic mass is 9.86. The van der Waals surface area contributed by atoms with Gasteiger partial charge in [0.2, 0.25) is 5.91 Å². The van der Waals surface area contributed by atoms with E-state index in [1.807, 2.05) is 20.8 Å². The van der Waals surface area contributed by atoms with Crippen molar-refractivity contribution < 1.29 is 19.4 Å². The van der Waals surface area contributed by atoms with Crippen molar-refractivity contribution in [2.45, 2.75) is 52.0 Å². The maximum atomic E-state index is 12.5. The van der Waals surface area contributed by atoms with Crippen LogP contribution in [0, 0.1) is 20.8 Å². The molecular formula is C18H25NO4. The van der Waals surface area contributed by atoms with Gasteiger partial charge in [-0.3, -0.25) is 9.59 Å². The van der Waals surface area contributed by atoms with Crippen molar-refractivity contribution in [1.82, 2.24) is 5.32 Å². The van der Waals surface area contributed by atoms with Crippen molar-refractivity contribution >= 4 is 11.9 Å². The van der Waals surface area contributed by atoms with Gasteiger partial charge in [-0.15, -0.1) is 0 Å². The van der Waals surface area contributed by atoms with Crippen molar-refractivity contribution in [3.63, 3.8) is 0 Å². The quantitative estimate of drug-likeness (QED) is 0.873. The highest BCUT2D eigenvalue weighted by Gasteiger charge is 2.36. The Kier molecular flexibility index (Phi) is 5.42. The van der Waals surface area contributed by atoms with E-state index >= 15 is 0 Å². The molecule has 2 N–H and O–H groups in total. The second-order valence-corrected chi connectivity index (χ2v) is 6.57. The summed E-state index contributed by atoms with van der Waals surface area (Å²) >= 11 is 0. The lowest BCUT2D eigenvalue weighted by Crippen LogP contribution is -2.53. The summed E-state index contributed by atoms with van der Waals surface area (Å²) in [4.78, 5) is 23.7. The van der Waals surface area contributed by atoms with E-state index in [0.29, 0.717) is 26.1 Å². The molecule has 1 aliphatic heterocycles. The van der Waals surface area contributed by atoms with Crippen molar-refractivity contribution in [3.05, 3.63) is 34.4 Å². The van der Waals surface area contributed by atoms with Crippen LogP contribution in [0.4, 0.5) is 0 Å². The van der Waals surface area contributed by atoms with Crippen LogP contribution >= 0.6 is 0 Å². The van der Waals surface area contributed by atoms with Crippen molar-refractivity contribution in [2.75, 3.05) is 13.2 Å². The molecule has 0 spiro atoms. The zero-order chi connectivity index (χ0) is 17.0. The zero-order valence-corrected chi connectivity index (χ0v) is 14.1. The van der Waals surface area contributed by atoms with Crippen molar-refractivity contribution in [2.24, 2.45) is 0 Å². The number of carboxylic acids is 1. The Balaban J connectivity index is 2.12. The molecule has 0 unspecified atom stereocenters. The molecule has 5 nitrogen and oxygen atoms in total. The van der Waals surface area contributed by atoms with Crippen LogP contribution in [0.2, 0.25) is 0 Å². The molecular weight excluding hydrogens is 294 g/mol. The third-order valence-corrected chi connectivity index (χ3v) is 4.52. The second kappa shape index (κ2) is 7.13. The van der Waals surface area contributed by atoms with E-state index in [4.69, 9.17) is 9.84 Å². The van der Waals surface area contributed by atoms with Crippen LogP contribution in [0.5, 0.6) is 0 Å². The average Bonchev–Trinajstić information content (AvgIpc) is 2.42. The van der Waals surface area contributed by atoms with Gasteiger partial charge in [-0.1, -0.05) is 17.7 Å². The van der Waals surface area contributed by atoms with E-state index in [1.54, 1.807) is 0 Å². The van der Waals surface area contributed by atoms with Crippen molar-refractivity contribution in [3.8, 4) is 0 Å². The summed E-state index contributed by atoms with van der Waals surface area (Å²) in [5.41, 5.74) is 3.70. The van der Waals surface area contributed by atoms with Gasteiger partial charge in [0, 0.05) is 13.2 Å². The number of benzene rings is 1. The summed E-state index contributed by atoms with van der Waals surface area (Å²) in [6.07, 6.45) is 1.29. The lowest BCUT2D eigenvalue weighted by molar-refractivity contribution is -0.140. The second-order valence-electron chi connectivity index (χ2n) is 6.57. The van der Waals surface area contributed by atoms with Gasteiger partial charge >= 0.3 is 5.97 Å². The van der Waals surface area contributed by atoms with Gasteiger partial charge in [-0.2, -0.15) is 0 Å². The van der Waals surface area contributed by atoms with E-state index in [9.17, 15) is 9.59 Å². The number of hydrogen-bond donors (Lipinski definition) is 2. The molecule has 1 aliphatic rings. The van der Waals surface area contributed by atoms with Crippen LogP contribution in [-0.4, -0.2) is 35.7 Å². The minimum atomic E-state index is -0.894. The first kappa shape index (κ1) is 17.5. The van der Waals surface area contributed by atoms with Crippen LogP contribution in [0.25, 0.3) is 0 Å². The van der Waals surface area contributed by atoms with Gasteiger partial charge in [0.1, 0.15) is 0 Å². The number of nitrogens with one attached hydrogen (secondary N) is 1. The largest absolute Gasteiger partial charge is 0.481 e. The standard InChI is InChI=1S/C18H25NO4/c1-12-8-13(2)15(14(3)9-12)10-16(20)19-18(11-17(21)22)4-6-23-7-5-18/h8-9H,4-7,10-11H2,1-3H3,(H,19,20)(H,21,22). The minimum absolute atomic E-state index is 0.0615. The van der Waals surface area contributed by atoms with Gasteiger partial charge in [0.15, 0.2) is 0 Å². The fourth-order valence-electron chi connectivity index (χ4n) is 3.39. The summed E-state index contributed by atoms with van der Waals surface area (Å²) in [6, 6.07) is 4.13. The predicted octanol–water partition coefficient (Wildman–Crippen LogP) is 2.29. The summed E-state index contributed by atoms with van der Waals surface area (Å²) < 4.78 is 5.31. The number of carbonyl (C=O) groups excluding carboxylic acids is 1. The van der Waals surface area contributed by atoms with Gasteiger partial charge in [0.25, 0.3) is 0 Å². The molecule has 1 heterocycles. The first-order valence-electron chi connectivity index (χ1n) is 7.99. The highest BCUT2D eigenvalue weighted by atomic mass is 16.5. The molecule has 1 aromatic rings. The van der Waals surface area contributed by atoms with E-state index in [2.05, 4.69) is 17.4 Å². The van der Waals surface area contributed by atoms with Gasteiger partial charge < -0.3 is 15.2 Å². The highest BCUT2D eigenvalue weighted by molar-refractivity contribution is 5.81. The molecule has 1 saturated heterocycles. The molecule has 5 heteroatoms. The van der Waals surface area contributed by atoms with Crippen LogP contribution in [0.3, 0.4) is 0 Å².